The molecule has 0 bridgehead atoms. The normalized spacial score (nSPS) is 54.8. The van der Waals surface area contributed by atoms with Crippen molar-refractivity contribution < 1.29 is 68.2 Å². The molecule has 14 heteroatoms. The van der Waals surface area contributed by atoms with E-state index in [9.17, 15) is 30.3 Å². The van der Waals surface area contributed by atoms with Crippen LogP contribution in [-0.2, 0) is 42.7 Å². The highest BCUT2D eigenvalue weighted by Crippen LogP contribution is 2.70. The summed E-state index contributed by atoms with van der Waals surface area (Å²) < 4.78 is 47.8. The lowest BCUT2D eigenvalue weighted by atomic mass is 9.42. The molecule has 4 heterocycles. The molecule has 0 aromatic carbocycles. The number of carbonyl (C=O) groups excluding carboxylic acids is 1. The molecular formula is C42H66O14. The Hall–Kier alpha value is -1.27. The van der Waals surface area contributed by atoms with Gasteiger partial charge < -0.3 is 63.4 Å². The minimum absolute atomic E-state index is 0.0386. The zero-order chi connectivity index (χ0) is 39.9. The maximum Gasteiger partial charge on any atom is 0.331 e. The number of cyclic esters (lactones) is 1. The summed E-state index contributed by atoms with van der Waals surface area (Å²) in [6, 6.07) is 0. The van der Waals surface area contributed by atoms with Gasteiger partial charge in [-0.2, -0.15) is 0 Å². The van der Waals surface area contributed by atoms with Crippen LogP contribution in [0.15, 0.2) is 11.6 Å². The summed E-state index contributed by atoms with van der Waals surface area (Å²) >= 11 is 0. The van der Waals surface area contributed by atoms with E-state index in [1.165, 1.54) is 7.11 Å². The van der Waals surface area contributed by atoms with Gasteiger partial charge in [0.15, 0.2) is 18.9 Å². The van der Waals surface area contributed by atoms with Gasteiger partial charge in [0.25, 0.3) is 0 Å². The molecule has 56 heavy (non-hydrogen) atoms. The van der Waals surface area contributed by atoms with Crippen LogP contribution < -0.4 is 0 Å². The van der Waals surface area contributed by atoms with Gasteiger partial charge in [-0.05, 0) is 107 Å². The molecule has 0 radical (unpaired) electrons. The summed E-state index contributed by atoms with van der Waals surface area (Å²) in [6.07, 6.45) is -0.0154. The van der Waals surface area contributed by atoms with E-state index < -0.39 is 84.8 Å². The van der Waals surface area contributed by atoms with Crippen LogP contribution in [0.3, 0.4) is 0 Å². The standard InChI is InChI=1S/C42H66O14/c1-20-37(49-6)29(43)16-35(51-20)55-39-22(3)53-36(18-31(39)45)56-38-21(2)52-34(17-30(38)44)54-25-9-11-40(4)24(14-25)7-8-27-28(40)15-32(46)41(5)26(10-12-42(27,41)48)23-13-33(47)50-19-23/h13,20-22,24-32,34-39,43-46,48H,7-12,14-19H2,1-6H3/t20-,21+,22+,24+,25+,26-,27+,28-,29+,30+,31+,32-,34-,35-,36-,37-,38-,39-,40+,41-,42+/m0/s1. The van der Waals surface area contributed by atoms with Crippen LogP contribution in [0.1, 0.15) is 105 Å². The molecule has 21 atom stereocenters. The average molecular weight is 795 g/mol. The van der Waals surface area contributed by atoms with Crippen molar-refractivity contribution in [3.05, 3.63) is 11.6 Å². The van der Waals surface area contributed by atoms with E-state index in [0.29, 0.717) is 18.8 Å². The predicted octanol–water partition coefficient (Wildman–Crippen LogP) is 2.87. The fourth-order valence-electron chi connectivity index (χ4n) is 13.1. The molecule has 3 saturated heterocycles. The van der Waals surface area contributed by atoms with Crippen LogP contribution in [0.4, 0.5) is 0 Å². The molecule has 14 nitrogen and oxygen atoms in total. The van der Waals surface area contributed by atoms with Crippen LogP contribution in [0.2, 0.25) is 0 Å². The van der Waals surface area contributed by atoms with Gasteiger partial charge in [0.05, 0.1) is 54.4 Å². The van der Waals surface area contributed by atoms with Gasteiger partial charge in [-0.3, -0.25) is 0 Å². The van der Waals surface area contributed by atoms with E-state index in [2.05, 4.69) is 6.92 Å². The highest BCUT2D eigenvalue weighted by Gasteiger charge is 2.71. The van der Waals surface area contributed by atoms with Crippen LogP contribution >= 0.6 is 0 Å². The first kappa shape index (κ1) is 41.5. The number of methoxy groups -OCH3 is 1. The van der Waals surface area contributed by atoms with Crippen molar-refractivity contribution in [1.29, 1.82) is 0 Å². The molecule has 0 aromatic rings. The Labute approximate surface area is 330 Å². The molecule has 0 aromatic heterocycles. The maximum absolute atomic E-state index is 12.6. The quantitative estimate of drug-likeness (QED) is 0.178. The number of hydrogen-bond donors (Lipinski definition) is 5. The van der Waals surface area contributed by atoms with Crippen LogP contribution in [-0.4, -0.2) is 137 Å². The van der Waals surface area contributed by atoms with Crippen LogP contribution in [0.5, 0.6) is 0 Å². The fourth-order valence-corrected chi connectivity index (χ4v) is 13.1. The first-order chi connectivity index (χ1) is 26.5. The molecule has 8 aliphatic rings. The second-order valence-electron chi connectivity index (χ2n) is 19.0. The number of aliphatic hydroxyl groups is 5. The van der Waals surface area contributed by atoms with E-state index in [-0.39, 0.29) is 67.2 Å². The Morgan fingerprint density at radius 1 is 0.696 bits per heavy atom. The third kappa shape index (κ3) is 7.02. The highest BCUT2D eigenvalue weighted by atomic mass is 16.7. The van der Waals surface area contributed by atoms with Crippen molar-refractivity contribution in [2.24, 2.45) is 34.5 Å². The summed E-state index contributed by atoms with van der Waals surface area (Å²) in [4.78, 5) is 12.0. The number of rotatable bonds is 8. The molecular weight excluding hydrogens is 728 g/mol. The van der Waals surface area contributed by atoms with Gasteiger partial charge in [0.1, 0.15) is 24.9 Å². The van der Waals surface area contributed by atoms with Gasteiger partial charge in [0.2, 0.25) is 0 Å². The zero-order valence-electron chi connectivity index (χ0n) is 33.9. The van der Waals surface area contributed by atoms with Crippen molar-refractivity contribution in [2.75, 3.05) is 13.7 Å². The minimum Gasteiger partial charge on any atom is -0.458 e. The van der Waals surface area contributed by atoms with E-state index in [1.807, 2.05) is 20.8 Å². The maximum atomic E-state index is 12.6. The fraction of sp³-hybridized carbons (Fsp3) is 0.929. The molecule has 0 spiro atoms. The summed E-state index contributed by atoms with van der Waals surface area (Å²) in [5.41, 5.74) is -0.877. The average Bonchev–Trinajstić information content (AvgIpc) is 3.68. The number of fused-ring (bicyclic) bond motifs is 5. The van der Waals surface area contributed by atoms with Gasteiger partial charge in [-0.25, -0.2) is 4.79 Å². The topological polar surface area (TPSA) is 192 Å². The summed E-state index contributed by atoms with van der Waals surface area (Å²) in [5, 5.41) is 57.3. The van der Waals surface area contributed by atoms with Gasteiger partial charge >= 0.3 is 5.97 Å². The van der Waals surface area contributed by atoms with Crippen molar-refractivity contribution in [2.45, 2.75) is 197 Å². The summed E-state index contributed by atoms with van der Waals surface area (Å²) in [7, 11) is 1.53. The van der Waals surface area contributed by atoms with Gasteiger partial charge in [0, 0.05) is 37.9 Å². The largest absolute Gasteiger partial charge is 0.458 e. The third-order valence-corrected chi connectivity index (χ3v) is 16.2. The summed E-state index contributed by atoms with van der Waals surface area (Å²) in [6.45, 7) is 10.1. The van der Waals surface area contributed by atoms with Gasteiger partial charge in [-0.1, -0.05) is 13.8 Å². The lowest BCUT2D eigenvalue weighted by Gasteiger charge is -2.65. The second-order valence-corrected chi connectivity index (χ2v) is 19.0. The van der Waals surface area contributed by atoms with E-state index in [1.54, 1.807) is 13.0 Å². The molecule has 4 aliphatic heterocycles. The molecule has 8 rings (SSSR count). The summed E-state index contributed by atoms with van der Waals surface area (Å²) in [5.74, 6) is 0.223. The van der Waals surface area contributed by atoms with Crippen molar-refractivity contribution in [3.63, 3.8) is 0 Å². The molecule has 4 aliphatic carbocycles. The van der Waals surface area contributed by atoms with Gasteiger partial charge in [-0.15, -0.1) is 0 Å². The molecule has 0 amide bonds. The first-order valence-electron chi connectivity index (χ1n) is 21.3. The number of esters is 1. The molecule has 5 N–H and O–H groups in total. The minimum atomic E-state index is -1.01. The lowest BCUT2D eigenvalue weighted by molar-refractivity contribution is -0.336. The number of ether oxygens (including phenoxy) is 8. The molecule has 4 saturated carbocycles. The SMILES string of the molecule is CO[C@@H]1[C@H](O)C[C@H](O[C@@H]2[C@H](O)C[C@H](O[C@@H]3[C@H](O)C[C@H](O[C@@H]4CC[C@]5(C)[C@H](CC[C@@H]6[C@@H]5C[C@H](O)[C@]5(C)[C@H](C7=CC(=O)OC7)CC[C@@]65O)C4)O[C@@H]3C)O[C@@H]2C)O[C@H]1C. The molecule has 7 fully saturated rings. The molecule has 318 valence electrons. The second kappa shape index (κ2) is 15.6. The van der Waals surface area contributed by atoms with E-state index in [0.717, 1.165) is 44.1 Å². The first-order valence-corrected chi connectivity index (χ1v) is 21.3. The van der Waals surface area contributed by atoms with Crippen LogP contribution in [0.25, 0.3) is 0 Å². The Kier molecular flexibility index (Phi) is 11.6. The van der Waals surface area contributed by atoms with E-state index >= 15 is 0 Å². The van der Waals surface area contributed by atoms with E-state index in [4.69, 9.17) is 37.9 Å². The van der Waals surface area contributed by atoms with Crippen molar-refractivity contribution in [1.82, 2.24) is 0 Å². The smallest absolute Gasteiger partial charge is 0.331 e. The van der Waals surface area contributed by atoms with Crippen molar-refractivity contribution in [3.8, 4) is 0 Å². The lowest BCUT2D eigenvalue weighted by Crippen LogP contribution is -2.67. The highest BCUT2D eigenvalue weighted by molar-refractivity contribution is 5.85. The Morgan fingerprint density at radius 2 is 1.27 bits per heavy atom. The Bertz CT molecular complexity index is 1430. The van der Waals surface area contributed by atoms with Crippen molar-refractivity contribution >= 4 is 5.97 Å². The Balaban J connectivity index is 0.832. The number of hydrogen-bond acceptors (Lipinski definition) is 14. The number of carbonyl (C=O) groups is 1. The zero-order valence-corrected chi connectivity index (χ0v) is 33.9. The number of aliphatic hydroxyl groups excluding tert-OH is 4. The Morgan fingerprint density at radius 3 is 1.80 bits per heavy atom. The monoisotopic (exact) mass is 794 g/mol. The van der Waals surface area contributed by atoms with Crippen LogP contribution in [0, 0.1) is 34.5 Å². The molecule has 0 unspecified atom stereocenters. The third-order valence-electron chi connectivity index (χ3n) is 16.2. The predicted molar refractivity (Wildman–Crippen MR) is 197 cm³/mol.